The summed E-state index contributed by atoms with van der Waals surface area (Å²) in [5, 5.41) is 11.7. The molecule has 0 atom stereocenters. The highest BCUT2D eigenvalue weighted by molar-refractivity contribution is 5.92. The number of rotatable bonds is 6. The Kier molecular flexibility index (Phi) is 6.35. The zero-order chi connectivity index (χ0) is 21.8. The van der Waals surface area contributed by atoms with Crippen LogP contribution in [0.1, 0.15) is 56.0 Å². The lowest BCUT2D eigenvalue weighted by atomic mass is 9.98. The van der Waals surface area contributed by atoms with Crippen molar-refractivity contribution < 1.29 is 9.53 Å². The van der Waals surface area contributed by atoms with Crippen LogP contribution in [0.2, 0.25) is 0 Å². The highest BCUT2D eigenvalue weighted by atomic mass is 16.5. The van der Waals surface area contributed by atoms with E-state index >= 15 is 0 Å². The highest BCUT2D eigenvalue weighted by Crippen LogP contribution is 2.25. The summed E-state index contributed by atoms with van der Waals surface area (Å²) in [4.78, 5) is 12.5. The summed E-state index contributed by atoms with van der Waals surface area (Å²) in [5.41, 5.74) is 4.15. The first-order valence-electron chi connectivity index (χ1n) is 11.1. The van der Waals surface area contributed by atoms with Gasteiger partial charge in [-0.3, -0.25) is 4.79 Å². The van der Waals surface area contributed by atoms with Crippen molar-refractivity contribution in [2.24, 2.45) is 0 Å². The molecule has 0 aliphatic carbocycles. The molecular weight excluding hydrogens is 388 g/mol. The number of hydrogen-bond acceptors (Lipinski definition) is 4. The van der Waals surface area contributed by atoms with Crippen LogP contribution in [0.25, 0.3) is 11.4 Å². The summed E-state index contributed by atoms with van der Waals surface area (Å²) in [6.45, 7) is 7.31. The van der Waals surface area contributed by atoms with Crippen LogP contribution < -0.4 is 10.1 Å². The van der Waals surface area contributed by atoms with Crippen molar-refractivity contribution in [1.82, 2.24) is 14.8 Å². The van der Waals surface area contributed by atoms with Crippen molar-refractivity contribution in [2.75, 3.05) is 11.9 Å². The smallest absolute Gasteiger partial charge is 0.262 e. The molecule has 0 unspecified atom stereocenters. The fourth-order valence-electron chi connectivity index (χ4n) is 4.17. The lowest BCUT2D eigenvalue weighted by molar-refractivity contribution is -0.118. The molecule has 31 heavy (non-hydrogen) atoms. The summed E-state index contributed by atoms with van der Waals surface area (Å²) < 4.78 is 7.92. The Morgan fingerprint density at radius 3 is 2.81 bits per heavy atom. The van der Waals surface area contributed by atoms with E-state index in [1.54, 1.807) is 0 Å². The molecule has 6 nitrogen and oxygen atoms in total. The van der Waals surface area contributed by atoms with Gasteiger partial charge < -0.3 is 14.6 Å². The lowest BCUT2D eigenvalue weighted by Crippen LogP contribution is -2.20. The Bertz CT molecular complexity index is 1070. The number of aryl methyl sites for hydroxylation is 2. The van der Waals surface area contributed by atoms with Crippen molar-refractivity contribution in [1.29, 1.82) is 0 Å². The highest BCUT2D eigenvalue weighted by Gasteiger charge is 2.16. The Morgan fingerprint density at radius 2 is 2.00 bits per heavy atom. The summed E-state index contributed by atoms with van der Waals surface area (Å²) in [7, 11) is 0. The average Bonchev–Trinajstić information content (AvgIpc) is 3.00. The van der Waals surface area contributed by atoms with Gasteiger partial charge >= 0.3 is 0 Å². The Labute approximate surface area is 183 Å². The molecule has 3 aromatic rings. The van der Waals surface area contributed by atoms with E-state index in [2.05, 4.69) is 46.9 Å². The molecule has 2 aromatic carbocycles. The molecule has 0 saturated heterocycles. The average molecular weight is 419 g/mol. The molecule has 0 spiro atoms. The quantitative estimate of drug-likeness (QED) is 0.603. The van der Waals surface area contributed by atoms with Crippen LogP contribution in [-0.2, 0) is 17.8 Å². The Balaban J connectivity index is 1.41. The van der Waals surface area contributed by atoms with Crippen LogP contribution in [0.4, 0.5) is 5.69 Å². The van der Waals surface area contributed by atoms with Gasteiger partial charge in [0.2, 0.25) is 0 Å². The third-order valence-corrected chi connectivity index (χ3v) is 5.75. The molecule has 0 saturated carbocycles. The van der Waals surface area contributed by atoms with Crippen molar-refractivity contribution in [3.63, 3.8) is 0 Å². The number of nitrogens with one attached hydrogen (secondary N) is 1. The largest absolute Gasteiger partial charge is 0.484 e. The van der Waals surface area contributed by atoms with Crippen LogP contribution in [0, 0.1) is 6.92 Å². The fourth-order valence-corrected chi connectivity index (χ4v) is 4.17. The monoisotopic (exact) mass is 418 g/mol. The number of fused-ring (bicyclic) bond motifs is 1. The van der Waals surface area contributed by atoms with Crippen molar-refractivity contribution in [2.45, 2.75) is 58.9 Å². The molecule has 1 aromatic heterocycles. The number of benzene rings is 2. The minimum absolute atomic E-state index is 0.0367. The van der Waals surface area contributed by atoms with Gasteiger partial charge in [0.05, 0.1) is 0 Å². The zero-order valence-electron chi connectivity index (χ0n) is 18.5. The third-order valence-electron chi connectivity index (χ3n) is 5.75. The predicted octanol–water partition coefficient (Wildman–Crippen LogP) is 5.12. The molecule has 1 N–H and O–H groups in total. The molecule has 6 heteroatoms. The lowest BCUT2D eigenvalue weighted by Gasteiger charge is -2.13. The molecule has 0 bridgehead atoms. The van der Waals surface area contributed by atoms with Crippen LogP contribution in [0.5, 0.6) is 5.75 Å². The van der Waals surface area contributed by atoms with E-state index < -0.39 is 0 Å². The van der Waals surface area contributed by atoms with E-state index in [1.807, 2.05) is 36.4 Å². The molecule has 1 aliphatic rings. The number of nitrogens with zero attached hydrogens (tertiary/aromatic N) is 3. The summed E-state index contributed by atoms with van der Waals surface area (Å²) >= 11 is 0. The van der Waals surface area contributed by atoms with E-state index in [4.69, 9.17) is 4.74 Å². The first kappa shape index (κ1) is 21.1. The number of anilines is 1. The maximum atomic E-state index is 12.5. The van der Waals surface area contributed by atoms with Crippen LogP contribution in [0.15, 0.2) is 42.5 Å². The number of hydrogen-bond donors (Lipinski definition) is 1. The third kappa shape index (κ3) is 4.95. The summed E-state index contributed by atoms with van der Waals surface area (Å²) in [5.74, 6) is 2.89. The number of ether oxygens (including phenoxy) is 1. The molecule has 2 heterocycles. The maximum Gasteiger partial charge on any atom is 0.262 e. The van der Waals surface area contributed by atoms with Gasteiger partial charge in [-0.15, -0.1) is 10.2 Å². The minimum Gasteiger partial charge on any atom is -0.484 e. The van der Waals surface area contributed by atoms with Crippen molar-refractivity contribution in [3.8, 4) is 17.1 Å². The predicted molar refractivity (Wildman–Crippen MR) is 122 cm³/mol. The molecule has 1 aliphatic heterocycles. The number of carbonyl (C=O) groups is 1. The van der Waals surface area contributed by atoms with Crippen LogP contribution >= 0.6 is 0 Å². The van der Waals surface area contributed by atoms with E-state index in [9.17, 15) is 4.79 Å². The number of aromatic nitrogens is 3. The second-order valence-electron chi connectivity index (χ2n) is 8.49. The summed E-state index contributed by atoms with van der Waals surface area (Å²) in [6, 6.07) is 13.7. The number of amides is 1. The van der Waals surface area contributed by atoms with Crippen molar-refractivity contribution in [3.05, 3.63) is 59.4 Å². The molecular formula is C25H30N4O2. The van der Waals surface area contributed by atoms with E-state index in [-0.39, 0.29) is 12.5 Å². The van der Waals surface area contributed by atoms with Gasteiger partial charge in [0, 0.05) is 24.2 Å². The molecule has 1 amide bonds. The van der Waals surface area contributed by atoms with E-state index in [1.165, 1.54) is 17.5 Å². The first-order valence-corrected chi connectivity index (χ1v) is 11.1. The maximum absolute atomic E-state index is 12.5. The Morgan fingerprint density at radius 1 is 1.13 bits per heavy atom. The zero-order valence-corrected chi connectivity index (χ0v) is 18.5. The molecule has 0 radical (unpaired) electrons. The van der Waals surface area contributed by atoms with Gasteiger partial charge in [-0.1, -0.05) is 38.5 Å². The second-order valence-corrected chi connectivity index (χ2v) is 8.49. The van der Waals surface area contributed by atoms with Gasteiger partial charge in [0.15, 0.2) is 12.4 Å². The van der Waals surface area contributed by atoms with Gasteiger partial charge in [0.1, 0.15) is 11.6 Å². The van der Waals surface area contributed by atoms with Crippen LogP contribution in [-0.4, -0.2) is 27.3 Å². The molecule has 0 fully saturated rings. The second kappa shape index (κ2) is 9.33. The first-order chi connectivity index (χ1) is 15.0. The van der Waals surface area contributed by atoms with E-state index in [0.29, 0.717) is 11.7 Å². The normalized spacial score (nSPS) is 13.5. The summed E-state index contributed by atoms with van der Waals surface area (Å²) in [6.07, 6.45) is 4.49. The Hall–Kier alpha value is -3.15. The SMILES string of the molecule is Cc1cc(OCC(=O)Nc2cccc(-c3nnc4n3CCCCC4)c2)ccc1C(C)C. The van der Waals surface area contributed by atoms with Gasteiger partial charge in [0.25, 0.3) is 5.91 Å². The van der Waals surface area contributed by atoms with Gasteiger partial charge in [-0.25, -0.2) is 0 Å². The van der Waals surface area contributed by atoms with E-state index in [0.717, 1.165) is 48.7 Å². The minimum atomic E-state index is -0.192. The fraction of sp³-hybridized carbons (Fsp3) is 0.400. The number of carbonyl (C=O) groups excluding carboxylic acids is 1. The van der Waals surface area contributed by atoms with Crippen LogP contribution in [0.3, 0.4) is 0 Å². The standard InChI is InChI=1S/C25H30N4O2/c1-17(2)22-12-11-21(14-18(22)3)31-16-24(30)26-20-9-7-8-19(15-20)25-28-27-23-10-5-4-6-13-29(23)25/h7-9,11-12,14-15,17H,4-6,10,13,16H2,1-3H3,(H,26,30). The van der Waals surface area contributed by atoms with Gasteiger partial charge in [-0.05, 0) is 61.1 Å². The molecule has 4 rings (SSSR count). The topological polar surface area (TPSA) is 69.0 Å². The van der Waals surface area contributed by atoms with Crippen molar-refractivity contribution >= 4 is 11.6 Å². The molecule has 162 valence electrons. The van der Waals surface area contributed by atoms with Gasteiger partial charge in [-0.2, -0.15) is 0 Å².